The normalized spacial score (nSPS) is 20.6. The van der Waals surface area contributed by atoms with E-state index in [1.54, 1.807) is 12.1 Å². The summed E-state index contributed by atoms with van der Waals surface area (Å²) in [6, 6.07) is 9.07. The zero-order valence-corrected chi connectivity index (χ0v) is 12.8. The summed E-state index contributed by atoms with van der Waals surface area (Å²) < 4.78 is 13.3. The summed E-state index contributed by atoms with van der Waals surface area (Å²) in [7, 11) is 0. The minimum atomic E-state index is -0.867. The first kappa shape index (κ1) is 14.3. The number of fused-ring (bicyclic) bond motifs is 1. The molecule has 0 heterocycles. The van der Waals surface area contributed by atoms with Crippen molar-refractivity contribution in [1.82, 2.24) is 0 Å². The van der Waals surface area contributed by atoms with E-state index >= 15 is 0 Å². The van der Waals surface area contributed by atoms with E-state index in [1.165, 1.54) is 28.3 Å². The van der Waals surface area contributed by atoms with Crippen LogP contribution in [0.3, 0.4) is 0 Å². The molecule has 0 spiro atoms. The number of aryl methyl sites for hydroxylation is 4. The van der Waals surface area contributed by atoms with Crippen LogP contribution in [0.15, 0.2) is 30.3 Å². The molecule has 1 nitrogen and oxygen atoms in total. The van der Waals surface area contributed by atoms with Gasteiger partial charge in [0.05, 0.1) is 5.60 Å². The van der Waals surface area contributed by atoms with Gasteiger partial charge in [0.15, 0.2) is 0 Å². The Labute approximate surface area is 125 Å². The lowest BCUT2D eigenvalue weighted by Gasteiger charge is -2.26. The van der Waals surface area contributed by atoms with Crippen molar-refractivity contribution in [2.45, 2.75) is 45.6 Å². The zero-order valence-electron chi connectivity index (χ0n) is 12.8. The van der Waals surface area contributed by atoms with Crippen molar-refractivity contribution in [2.75, 3.05) is 0 Å². The summed E-state index contributed by atoms with van der Waals surface area (Å²) in [6.45, 7) is 6.28. The van der Waals surface area contributed by atoms with E-state index in [9.17, 15) is 9.50 Å². The fourth-order valence-corrected chi connectivity index (χ4v) is 3.66. The molecule has 110 valence electrons. The van der Waals surface area contributed by atoms with Crippen LogP contribution in [0.5, 0.6) is 0 Å². The van der Waals surface area contributed by atoms with E-state index in [-0.39, 0.29) is 5.82 Å². The monoisotopic (exact) mass is 284 g/mol. The third-order valence-electron chi connectivity index (χ3n) is 4.69. The van der Waals surface area contributed by atoms with Crippen molar-refractivity contribution >= 4 is 0 Å². The molecule has 0 saturated carbocycles. The highest BCUT2D eigenvalue weighted by Gasteiger charge is 2.37. The number of aliphatic hydroxyl groups is 1. The summed E-state index contributed by atoms with van der Waals surface area (Å²) in [4.78, 5) is 0. The van der Waals surface area contributed by atoms with Crippen LogP contribution in [0.1, 0.15) is 39.8 Å². The summed E-state index contributed by atoms with van der Waals surface area (Å²) in [5.74, 6) is -0.222. The third-order valence-corrected chi connectivity index (χ3v) is 4.69. The number of hydrogen-bond donors (Lipinski definition) is 1. The summed E-state index contributed by atoms with van der Waals surface area (Å²) in [5.41, 5.74) is 5.86. The van der Waals surface area contributed by atoms with Gasteiger partial charge in [0, 0.05) is 6.42 Å². The molecule has 3 rings (SSSR count). The van der Waals surface area contributed by atoms with E-state index in [4.69, 9.17) is 0 Å². The van der Waals surface area contributed by atoms with Crippen molar-refractivity contribution in [3.63, 3.8) is 0 Å². The van der Waals surface area contributed by atoms with Gasteiger partial charge in [-0.1, -0.05) is 23.8 Å². The topological polar surface area (TPSA) is 20.2 Å². The molecule has 2 aromatic rings. The second-order valence-electron chi connectivity index (χ2n) is 6.39. The fourth-order valence-electron chi connectivity index (χ4n) is 3.66. The third kappa shape index (κ3) is 2.49. The van der Waals surface area contributed by atoms with Gasteiger partial charge in [-0.25, -0.2) is 4.39 Å². The van der Waals surface area contributed by atoms with Gasteiger partial charge in [-0.2, -0.15) is 0 Å². The minimum absolute atomic E-state index is 0.222. The summed E-state index contributed by atoms with van der Waals surface area (Å²) in [6.07, 6.45) is 2.01. The van der Waals surface area contributed by atoms with Crippen LogP contribution >= 0.6 is 0 Å². The second kappa shape index (κ2) is 4.96. The van der Waals surface area contributed by atoms with Crippen LogP contribution in [0.4, 0.5) is 4.39 Å². The van der Waals surface area contributed by atoms with Gasteiger partial charge in [0.2, 0.25) is 0 Å². The first-order chi connectivity index (χ1) is 9.89. The SMILES string of the molecule is Cc1cc(C)c(CC2(O)CCc3cc(F)ccc32)c(C)c1. The van der Waals surface area contributed by atoms with Gasteiger partial charge >= 0.3 is 0 Å². The first-order valence-corrected chi connectivity index (χ1v) is 7.47. The lowest BCUT2D eigenvalue weighted by atomic mass is 9.85. The predicted octanol–water partition coefficient (Wildman–Crippen LogP) is 4.13. The van der Waals surface area contributed by atoms with Crippen LogP contribution in [-0.2, 0) is 18.4 Å². The molecule has 0 aromatic heterocycles. The quantitative estimate of drug-likeness (QED) is 0.879. The number of rotatable bonds is 2. The maximum atomic E-state index is 13.3. The first-order valence-electron chi connectivity index (χ1n) is 7.47. The van der Waals surface area contributed by atoms with Crippen molar-refractivity contribution in [2.24, 2.45) is 0 Å². The van der Waals surface area contributed by atoms with Crippen molar-refractivity contribution in [1.29, 1.82) is 0 Å². The maximum absolute atomic E-state index is 13.3. The smallest absolute Gasteiger partial charge is 0.123 e. The average Bonchev–Trinajstić information content (AvgIpc) is 2.71. The van der Waals surface area contributed by atoms with Gasteiger partial charge in [-0.05, 0) is 73.6 Å². The molecule has 2 aromatic carbocycles. The summed E-state index contributed by atoms with van der Waals surface area (Å²) in [5, 5.41) is 11.1. The molecule has 0 saturated heterocycles. The van der Waals surface area contributed by atoms with Crippen molar-refractivity contribution in [3.8, 4) is 0 Å². The maximum Gasteiger partial charge on any atom is 0.123 e. The highest BCUT2D eigenvalue weighted by Crippen LogP contribution is 2.40. The molecule has 0 aliphatic heterocycles. The molecule has 1 aliphatic carbocycles. The molecule has 2 heteroatoms. The minimum Gasteiger partial charge on any atom is -0.385 e. The van der Waals surface area contributed by atoms with Gasteiger partial charge < -0.3 is 5.11 Å². The van der Waals surface area contributed by atoms with Crippen LogP contribution in [0, 0.1) is 26.6 Å². The van der Waals surface area contributed by atoms with Gasteiger partial charge in [0.25, 0.3) is 0 Å². The number of hydrogen-bond acceptors (Lipinski definition) is 1. The van der Waals surface area contributed by atoms with Crippen LogP contribution < -0.4 is 0 Å². The summed E-state index contributed by atoms with van der Waals surface area (Å²) >= 11 is 0. The van der Waals surface area contributed by atoms with E-state index in [0.29, 0.717) is 12.8 Å². The Morgan fingerprint density at radius 3 is 2.43 bits per heavy atom. The highest BCUT2D eigenvalue weighted by molar-refractivity contribution is 5.43. The standard InChI is InChI=1S/C19H21FO/c1-12-8-13(2)17(14(3)9-12)11-19(21)7-6-15-10-16(20)4-5-18(15)19/h4-5,8-10,21H,6-7,11H2,1-3H3. The molecular weight excluding hydrogens is 263 g/mol. The number of benzene rings is 2. The molecule has 0 amide bonds. The van der Waals surface area contributed by atoms with E-state index in [1.807, 2.05) is 0 Å². The van der Waals surface area contributed by atoms with E-state index < -0.39 is 5.60 Å². The predicted molar refractivity (Wildman–Crippen MR) is 83.0 cm³/mol. The molecule has 1 aliphatic rings. The zero-order chi connectivity index (χ0) is 15.2. The lowest BCUT2D eigenvalue weighted by Crippen LogP contribution is -2.26. The molecule has 21 heavy (non-hydrogen) atoms. The Morgan fingerprint density at radius 1 is 1.10 bits per heavy atom. The molecule has 0 radical (unpaired) electrons. The highest BCUT2D eigenvalue weighted by atomic mass is 19.1. The molecule has 1 atom stereocenters. The fraction of sp³-hybridized carbons (Fsp3) is 0.368. The Morgan fingerprint density at radius 2 is 1.76 bits per heavy atom. The molecule has 0 bridgehead atoms. The largest absolute Gasteiger partial charge is 0.385 e. The Bertz CT molecular complexity index is 682. The van der Waals surface area contributed by atoms with Crippen molar-refractivity contribution in [3.05, 3.63) is 69.5 Å². The molecule has 1 unspecified atom stereocenters. The van der Waals surface area contributed by atoms with Gasteiger partial charge in [-0.15, -0.1) is 0 Å². The Kier molecular flexibility index (Phi) is 3.37. The second-order valence-corrected chi connectivity index (χ2v) is 6.39. The van der Waals surface area contributed by atoms with Gasteiger partial charge in [-0.3, -0.25) is 0 Å². The molecular formula is C19H21FO. The van der Waals surface area contributed by atoms with E-state index in [2.05, 4.69) is 32.9 Å². The average molecular weight is 284 g/mol. The van der Waals surface area contributed by atoms with Crippen LogP contribution in [0.25, 0.3) is 0 Å². The van der Waals surface area contributed by atoms with Gasteiger partial charge in [0.1, 0.15) is 5.82 Å². The van der Waals surface area contributed by atoms with E-state index in [0.717, 1.165) is 17.5 Å². The number of halogens is 1. The lowest BCUT2D eigenvalue weighted by molar-refractivity contribution is 0.0386. The van der Waals surface area contributed by atoms with Crippen molar-refractivity contribution < 1.29 is 9.50 Å². The van der Waals surface area contributed by atoms with Crippen LogP contribution in [-0.4, -0.2) is 5.11 Å². The molecule has 1 N–H and O–H groups in total. The molecule has 0 fully saturated rings. The Hall–Kier alpha value is -1.67. The Balaban J connectivity index is 2.00. The van der Waals surface area contributed by atoms with Crippen LogP contribution in [0.2, 0.25) is 0 Å².